The Morgan fingerprint density at radius 1 is 1.27 bits per heavy atom. The van der Waals surface area contributed by atoms with Crippen molar-refractivity contribution in [2.75, 3.05) is 39.8 Å². The number of nitrogens with one attached hydrogen (secondary N) is 2. The molecule has 3 rings (SSSR count). The minimum absolute atomic E-state index is 0.102. The maximum atomic E-state index is 12.6. The summed E-state index contributed by atoms with van der Waals surface area (Å²) < 4.78 is 27.5. The van der Waals surface area contributed by atoms with Crippen molar-refractivity contribution >= 4 is 15.9 Å². The number of H-pyrrole nitrogens is 1. The van der Waals surface area contributed by atoms with Gasteiger partial charge in [-0.3, -0.25) is 9.89 Å². The second-order valence-corrected chi connectivity index (χ2v) is 8.14. The second kappa shape index (κ2) is 7.98. The first-order valence-electron chi connectivity index (χ1n) is 8.51. The predicted octanol–water partition coefficient (Wildman–Crippen LogP) is 0.318. The van der Waals surface area contributed by atoms with Crippen LogP contribution in [0.2, 0.25) is 0 Å². The van der Waals surface area contributed by atoms with Crippen LogP contribution in [0.25, 0.3) is 0 Å². The lowest BCUT2D eigenvalue weighted by Crippen LogP contribution is -2.47. The van der Waals surface area contributed by atoms with Gasteiger partial charge in [0.2, 0.25) is 10.0 Å². The molecule has 0 bridgehead atoms. The molecular formula is C17H23N5O3S. The van der Waals surface area contributed by atoms with E-state index in [1.807, 2.05) is 7.05 Å². The van der Waals surface area contributed by atoms with Gasteiger partial charge in [-0.25, -0.2) is 13.1 Å². The van der Waals surface area contributed by atoms with Gasteiger partial charge in [0.1, 0.15) is 0 Å². The van der Waals surface area contributed by atoms with Crippen LogP contribution in [0, 0.1) is 0 Å². The van der Waals surface area contributed by atoms with Crippen LogP contribution in [0.1, 0.15) is 15.9 Å². The van der Waals surface area contributed by atoms with Gasteiger partial charge in [-0.05, 0) is 37.2 Å². The average Bonchev–Trinajstić information content (AvgIpc) is 3.15. The summed E-state index contributed by atoms with van der Waals surface area (Å²) in [4.78, 5) is 16.7. The first kappa shape index (κ1) is 18.6. The molecule has 2 heterocycles. The molecule has 140 valence electrons. The molecule has 0 spiro atoms. The van der Waals surface area contributed by atoms with E-state index < -0.39 is 10.0 Å². The van der Waals surface area contributed by atoms with E-state index >= 15 is 0 Å². The van der Waals surface area contributed by atoms with Crippen LogP contribution in [-0.4, -0.2) is 74.1 Å². The summed E-state index contributed by atoms with van der Waals surface area (Å²) in [5.41, 5.74) is 1.32. The first-order chi connectivity index (χ1) is 12.5. The molecule has 9 heteroatoms. The van der Waals surface area contributed by atoms with Gasteiger partial charge in [0.15, 0.2) is 0 Å². The Kier molecular flexibility index (Phi) is 5.70. The Bertz CT molecular complexity index is 843. The highest BCUT2D eigenvalue weighted by Crippen LogP contribution is 2.14. The maximum absolute atomic E-state index is 12.6. The fourth-order valence-electron chi connectivity index (χ4n) is 2.82. The Hall–Kier alpha value is -2.23. The highest BCUT2D eigenvalue weighted by atomic mass is 32.2. The van der Waals surface area contributed by atoms with Gasteiger partial charge >= 0.3 is 0 Å². The highest BCUT2D eigenvalue weighted by Gasteiger charge is 2.22. The first-order valence-corrected chi connectivity index (χ1v) is 9.99. The van der Waals surface area contributed by atoms with E-state index in [0.29, 0.717) is 25.1 Å². The summed E-state index contributed by atoms with van der Waals surface area (Å²) in [5, 5.41) is 6.52. The number of benzene rings is 1. The molecule has 1 aliphatic rings. The molecule has 0 radical (unpaired) electrons. The number of likely N-dealkylation sites (N-methyl/N-ethyl adjacent to an activating group) is 1. The lowest BCUT2D eigenvalue weighted by molar-refractivity contribution is 0.0664. The van der Waals surface area contributed by atoms with E-state index in [4.69, 9.17) is 0 Å². The molecule has 1 aromatic carbocycles. The fourth-order valence-corrected chi connectivity index (χ4v) is 3.89. The minimum Gasteiger partial charge on any atom is -0.336 e. The Morgan fingerprint density at radius 3 is 2.73 bits per heavy atom. The molecule has 0 unspecified atom stereocenters. The summed E-state index contributed by atoms with van der Waals surface area (Å²) in [6.07, 6.45) is 3.92. The lowest BCUT2D eigenvalue weighted by Gasteiger charge is -2.32. The van der Waals surface area contributed by atoms with E-state index in [0.717, 1.165) is 18.7 Å². The normalized spacial score (nSPS) is 16.0. The number of aromatic amines is 1. The van der Waals surface area contributed by atoms with Crippen molar-refractivity contribution in [3.05, 3.63) is 47.8 Å². The standard InChI is InChI=1S/C17H23N5O3S/c1-21-7-9-22(10-8-21)17(23)15-3-2-4-16(11-15)26(24,25)20-6-5-14-12-18-19-13-14/h2-4,11-13,20H,5-10H2,1H3,(H,18,19). The fraction of sp³-hybridized carbons (Fsp3) is 0.412. The molecule has 0 aliphatic carbocycles. The summed E-state index contributed by atoms with van der Waals surface area (Å²) in [6.45, 7) is 3.20. The molecule has 8 nitrogen and oxygen atoms in total. The molecule has 1 amide bonds. The Balaban J connectivity index is 1.66. The lowest BCUT2D eigenvalue weighted by atomic mass is 10.2. The Labute approximate surface area is 153 Å². The monoisotopic (exact) mass is 377 g/mol. The van der Waals surface area contributed by atoms with Crippen molar-refractivity contribution in [2.45, 2.75) is 11.3 Å². The van der Waals surface area contributed by atoms with Gasteiger partial charge < -0.3 is 9.80 Å². The zero-order valence-electron chi connectivity index (χ0n) is 14.7. The topological polar surface area (TPSA) is 98.4 Å². The van der Waals surface area contributed by atoms with E-state index in [2.05, 4.69) is 19.8 Å². The van der Waals surface area contributed by atoms with E-state index in [-0.39, 0.29) is 17.3 Å². The summed E-state index contributed by atoms with van der Waals surface area (Å²) in [7, 11) is -1.65. The van der Waals surface area contributed by atoms with E-state index in [9.17, 15) is 13.2 Å². The molecular weight excluding hydrogens is 354 g/mol. The molecule has 0 saturated carbocycles. The van der Waals surface area contributed by atoms with Crippen LogP contribution in [0.15, 0.2) is 41.6 Å². The third-order valence-corrected chi connectivity index (χ3v) is 5.90. The van der Waals surface area contributed by atoms with Crippen molar-refractivity contribution in [1.29, 1.82) is 0 Å². The summed E-state index contributed by atoms with van der Waals surface area (Å²) in [6, 6.07) is 6.21. The highest BCUT2D eigenvalue weighted by molar-refractivity contribution is 7.89. The average molecular weight is 377 g/mol. The van der Waals surface area contributed by atoms with E-state index in [1.54, 1.807) is 29.4 Å². The van der Waals surface area contributed by atoms with Gasteiger partial charge in [0, 0.05) is 44.5 Å². The van der Waals surface area contributed by atoms with Crippen molar-refractivity contribution in [3.63, 3.8) is 0 Å². The van der Waals surface area contributed by atoms with Gasteiger partial charge in [-0.2, -0.15) is 5.10 Å². The quantitative estimate of drug-likeness (QED) is 0.755. The zero-order chi connectivity index (χ0) is 18.6. The SMILES string of the molecule is CN1CCN(C(=O)c2cccc(S(=O)(=O)NCCc3cn[nH]c3)c2)CC1. The van der Waals surface area contributed by atoms with Crippen molar-refractivity contribution in [1.82, 2.24) is 24.7 Å². The number of carbonyl (C=O) groups excluding carboxylic acids is 1. The number of carbonyl (C=O) groups is 1. The van der Waals surface area contributed by atoms with Crippen molar-refractivity contribution in [3.8, 4) is 0 Å². The second-order valence-electron chi connectivity index (χ2n) is 6.38. The van der Waals surface area contributed by atoms with Gasteiger partial charge in [-0.1, -0.05) is 6.07 Å². The van der Waals surface area contributed by atoms with Crippen LogP contribution >= 0.6 is 0 Å². The van der Waals surface area contributed by atoms with Gasteiger partial charge in [0.05, 0.1) is 11.1 Å². The molecule has 1 aromatic heterocycles. The third-order valence-electron chi connectivity index (χ3n) is 4.44. The number of hydrogen-bond acceptors (Lipinski definition) is 5. The maximum Gasteiger partial charge on any atom is 0.253 e. The number of amides is 1. The largest absolute Gasteiger partial charge is 0.336 e. The zero-order valence-corrected chi connectivity index (χ0v) is 15.5. The number of aromatic nitrogens is 2. The molecule has 2 N–H and O–H groups in total. The van der Waals surface area contributed by atoms with Crippen molar-refractivity contribution in [2.24, 2.45) is 0 Å². The number of piperazine rings is 1. The molecule has 2 aromatic rings. The third kappa shape index (κ3) is 4.48. The predicted molar refractivity (Wildman–Crippen MR) is 97.3 cm³/mol. The van der Waals surface area contributed by atoms with Gasteiger partial charge in [0.25, 0.3) is 5.91 Å². The smallest absolute Gasteiger partial charge is 0.253 e. The minimum atomic E-state index is -3.67. The number of nitrogens with zero attached hydrogens (tertiary/aromatic N) is 3. The van der Waals surface area contributed by atoms with Gasteiger partial charge in [-0.15, -0.1) is 0 Å². The molecule has 0 atom stereocenters. The molecule has 1 aliphatic heterocycles. The van der Waals surface area contributed by atoms with Crippen LogP contribution in [0.4, 0.5) is 0 Å². The van der Waals surface area contributed by atoms with Crippen LogP contribution in [0.3, 0.4) is 0 Å². The Morgan fingerprint density at radius 2 is 2.04 bits per heavy atom. The van der Waals surface area contributed by atoms with Crippen LogP contribution < -0.4 is 4.72 Å². The molecule has 26 heavy (non-hydrogen) atoms. The molecule has 1 fully saturated rings. The number of sulfonamides is 1. The summed E-state index contributed by atoms with van der Waals surface area (Å²) >= 11 is 0. The number of rotatable bonds is 6. The van der Waals surface area contributed by atoms with Crippen LogP contribution in [-0.2, 0) is 16.4 Å². The van der Waals surface area contributed by atoms with Crippen molar-refractivity contribution < 1.29 is 13.2 Å². The van der Waals surface area contributed by atoms with Crippen LogP contribution in [0.5, 0.6) is 0 Å². The summed E-state index contributed by atoms with van der Waals surface area (Å²) in [5.74, 6) is -0.131. The van der Waals surface area contributed by atoms with E-state index in [1.165, 1.54) is 12.1 Å². The number of hydrogen-bond donors (Lipinski definition) is 2. The molecule has 1 saturated heterocycles.